The lowest BCUT2D eigenvalue weighted by atomic mass is 10.1. The van der Waals surface area contributed by atoms with E-state index in [1.165, 1.54) is 0 Å². The van der Waals surface area contributed by atoms with Crippen molar-refractivity contribution in [3.63, 3.8) is 0 Å². The maximum absolute atomic E-state index is 11.1. The van der Waals surface area contributed by atoms with Crippen molar-refractivity contribution in [1.82, 2.24) is 10.6 Å². The summed E-state index contributed by atoms with van der Waals surface area (Å²) in [5, 5.41) is 6.14. The molecule has 0 bridgehead atoms. The van der Waals surface area contributed by atoms with E-state index >= 15 is 0 Å². The lowest BCUT2D eigenvalue weighted by molar-refractivity contribution is -0.119. The highest BCUT2D eigenvalue weighted by Crippen LogP contribution is 2.05. The topological polar surface area (TPSA) is 58.2 Å². The molecule has 0 spiro atoms. The standard InChI is InChI=1S/C12H14Br2N2O2/c13-5-11(17)15-7-9-2-1-3-10(4-9)8-16-12(18)6-14/h1-4H,5-8H2,(H,15,17)(H,16,18). The molecule has 0 atom stereocenters. The van der Waals surface area contributed by atoms with E-state index in [1.54, 1.807) is 0 Å². The van der Waals surface area contributed by atoms with Crippen molar-refractivity contribution < 1.29 is 9.59 Å². The van der Waals surface area contributed by atoms with Crippen molar-refractivity contribution >= 4 is 43.7 Å². The van der Waals surface area contributed by atoms with Crippen molar-refractivity contribution in [3.8, 4) is 0 Å². The molecule has 0 saturated carbocycles. The van der Waals surface area contributed by atoms with Gasteiger partial charge in [-0.25, -0.2) is 0 Å². The lowest BCUT2D eigenvalue weighted by Crippen LogP contribution is -2.24. The van der Waals surface area contributed by atoms with Crippen LogP contribution in [0.15, 0.2) is 24.3 Å². The summed E-state index contributed by atoms with van der Waals surface area (Å²) < 4.78 is 0. The molecule has 1 rings (SSSR count). The summed E-state index contributed by atoms with van der Waals surface area (Å²) in [5.41, 5.74) is 2.02. The van der Waals surface area contributed by atoms with E-state index in [0.29, 0.717) is 23.7 Å². The van der Waals surface area contributed by atoms with Gasteiger partial charge in [0.1, 0.15) is 0 Å². The number of nitrogens with one attached hydrogen (secondary N) is 2. The van der Waals surface area contributed by atoms with Crippen molar-refractivity contribution in [2.75, 3.05) is 10.7 Å². The Morgan fingerprint density at radius 3 is 1.78 bits per heavy atom. The molecule has 0 fully saturated rings. The Morgan fingerprint density at radius 1 is 0.944 bits per heavy atom. The summed E-state index contributed by atoms with van der Waals surface area (Å²) in [4.78, 5) is 22.2. The predicted molar refractivity (Wildman–Crippen MR) is 77.7 cm³/mol. The van der Waals surface area contributed by atoms with Crippen LogP contribution in [0.1, 0.15) is 11.1 Å². The van der Waals surface area contributed by atoms with E-state index in [0.717, 1.165) is 11.1 Å². The average molecular weight is 378 g/mol. The minimum atomic E-state index is -0.0482. The zero-order valence-corrected chi connectivity index (χ0v) is 12.9. The monoisotopic (exact) mass is 376 g/mol. The summed E-state index contributed by atoms with van der Waals surface area (Å²) in [6.45, 7) is 0.981. The zero-order chi connectivity index (χ0) is 13.4. The van der Waals surface area contributed by atoms with Crippen LogP contribution in [-0.2, 0) is 22.7 Å². The molecule has 18 heavy (non-hydrogen) atoms. The van der Waals surface area contributed by atoms with E-state index in [1.807, 2.05) is 24.3 Å². The van der Waals surface area contributed by atoms with E-state index in [9.17, 15) is 9.59 Å². The molecule has 0 radical (unpaired) electrons. The fraction of sp³-hybridized carbons (Fsp3) is 0.333. The Morgan fingerprint density at radius 2 is 1.39 bits per heavy atom. The molecule has 1 aromatic carbocycles. The van der Waals surface area contributed by atoms with Gasteiger partial charge < -0.3 is 10.6 Å². The van der Waals surface area contributed by atoms with Gasteiger partial charge in [-0.2, -0.15) is 0 Å². The van der Waals surface area contributed by atoms with Crippen LogP contribution in [0.2, 0.25) is 0 Å². The van der Waals surface area contributed by atoms with E-state index in [-0.39, 0.29) is 11.8 Å². The first-order chi connectivity index (χ1) is 8.65. The first kappa shape index (κ1) is 15.2. The summed E-state index contributed by atoms with van der Waals surface area (Å²) in [5.74, 6) is -0.0963. The van der Waals surface area contributed by atoms with E-state index in [2.05, 4.69) is 42.5 Å². The van der Waals surface area contributed by atoms with E-state index < -0.39 is 0 Å². The highest BCUT2D eigenvalue weighted by Gasteiger charge is 2.01. The Hall–Kier alpha value is -0.880. The molecular weight excluding hydrogens is 364 g/mol. The van der Waals surface area contributed by atoms with Crippen LogP contribution in [0, 0.1) is 0 Å². The van der Waals surface area contributed by atoms with Crippen LogP contribution < -0.4 is 10.6 Å². The number of rotatable bonds is 6. The van der Waals surface area contributed by atoms with Crippen LogP contribution in [0.4, 0.5) is 0 Å². The van der Waals surface area contributed by atoms with Crippen molar-refractivity contribution in [3.05, 3.63) is 35.4 Å². The number of carbonyl (C=O) groups excluding carboxylic acids is 2. The van der Waals surface area contributed by atoms with Gasteiger partial charge in [0.25, 0.3) is 0 Å². The first-order valence-corrected chi connectivity index (χ1v) is 7.63. The molecule has 6 heteroatoms. The van der Waals surface area contributed by atoms with Gasteiger partial charge in [-0.15, -0.1) is 0 Å². The third-order valence-corrected chi connectivity index (χ3v) is 3.23. The Balaban J connectivity index is 2.51. The predicted octanol–water partition coefficient (Wildman–Crippen LogP) is 1.71. The second kappa shape index (κ2) is 8.26. The van der Waals surface area contributed by atoms with Crippen LogP contribution in [0.3, 0.4) is 0 Å². The number of amides is 2. The SMILES string of the molecule is O=C(CBr)NCc1cccc(CNC(=O)CBr)c1. The molecule has 0 aliphatic heterocycles. The minimum Gasteiger partial charge on any atom is -0.351 e. The van der Waals surface area contributed by atoms with Gasteiger partial charge in [-0.05, 0) is 11.1 Å². The average Bonchev–Trinajstić information content (AvgIpc) is 2.42. The highest BCUT2D eigenvalue weighted by molar-refractivity contribution is 9.09. The van der Waals surface area contributed by atoms with Gasteiger partial charge in [-0.1, -0.05) is 56.1 Å². The van der Waals surface area contributed by atoms with Gasteiger partial charge in [0.05, 0.1) is 10.7 Å². The van der Waals surface area contributed by atoms with Crippen molar-refractivity contribution in [2.45, 2.75) is 13.1 Å². The molecular formula is C12H14Br2N2O2. The Bertz CT molecular complexity index is 389. The number of halogens is 2. The number of hydrogen-bond donors (Lipinski definition) is 2. The third-order valence-electron chi connectivity index (χ3n) is 2.21. The molecule has 0 heterocycles. The number of carbonyl (C=O) groups is 2. The smallest absolute Gasteiger partial charge is 0.230 e. The Labute approximate surface area is 123 Å². The maximum Gasteiger partial charge on any atom is 0.230 e. The largest absolute Gasteiger partial charge is 0.351 e. The molecule has 0 saturated heterocycles. The molecule has 0 aliphatic rings. The molecule has 0 aliphatic carbocycles. The quantitative estimate of drug-likeness (QED) is 0.741. The first-order valence-electron chi connectivity index (χ1n) is 5.39. The minimum absolute atomic E-state index is 0.0482. The van der Waals surface area contributed by atoms with Gasteiger partial charge in [0.15, 0.2) is 0 Å². The summed E-state index contributed by atoms with van der Waals surface area (Å²) in [6, 6.07) is 7.74. The summed E-state index contributed by atoms with van der Waals surface area (Å²) in [6.07, 6.45) is 0. The molecule has 2 amide bonds. The van der Waals surface area contributed by atoms with Gasteiger partial charge in [0, 0.05) is 13.1 Å². The molecule has 1 aromatic rings. The number of alkyl halides is 2. The lowest BCUT2D eigenvalue weighted by Gasteiger charge is -2.07. The third kappa shape index (κ3) is 5.64. The molecule has 98 valence electrons. The van der Waals surface area contributed by atoms with Crippen LogP contribution in [0.5, 0.6) is 0 Å². The van der Waals surface area contributed by atoms with Crippen LogP contribution in [-0.4, -0.2) is 22.5 Å². The molecule has 2 N–H and O–H groups in total. The van der Waals surface area contributed by atoms with Gasteiger partial charge in [-0.3, -0.25) is 9.59 Å². The number of hydrogen-bond acceptors (Lipinski definition) is 2. The number of benzene rings is 1. The van der Waals surface area contributed by atoms with Crippen LogP contribution >= 0.6 is 31.9 Å². The maximum atomic E-state index is 11.1. The van der Waals surface area contributed by atoms with Crippen LogP contribution in [0.25, 0.3) is 0 Å². The van der Waals surface area contributed by atoms with Crippen molar-refractivity contribution in [1.29, 1.82) is 0 Å². The second-order valence-electron chi connectivity index (χ2n) is 3.64. The van der Waals surface area contributed by atoms with Crippen molar-refractivity contribution in [2.24, 2.45) is 0 Å². The second-order valence-corrected chi connectivity index (χ2v) is 4.76. The highest BCUT2D eigenvalue weighted by atomic mass is 79.9. The summed E-state index contributed by atoms with van der Waals surface area (Å²) >= 11 is 6.18. The molecule has 4 nitrogen and oxygen atoms in total. The van der Waals surface area contributed by atoms with Gasteiger partial charge >= 0.3 is 0 Å². The fourth-order valence-corrected chi connectivity index (χ4v) is 1.74. The summed E-state index contributed by atoms with van der Waals surface area (Å²) in [7, 11) is 0. The molecule has 0 unspecified atom stereocenters. The molecule has 0 aromatic heterocycles. The normalized spacial score (nSPS) is 9.89. The Kier molecular flexibility index (Phi) is 6.97. The van der Waals surface area contributed by atoms with E-state index in [4.69, 9.17) is 0 Å². The fourth-order valence-electron chi connectivity index (χ4n) is 1.35. The van der Waals surface area contributed by atoms with Gasteiger partial charge in [0.2, 0.25) is 11.8 Å². The zero-order valence-electron chi connectivity index (χ0n) is 9.71.